The zero-order valence-corrected chi connectivity index (χ0v) is 20.0. The maximum Gasteiger partial charge on any atom is 0.335 e. The van der Waals surface area contributed by atoms with Crippen LogP contribution in [0, 0.1) is 0 Å². The number of aromatic carboxylic acids is 1. The maximum atomic E-state index is 14.0. The molecule has 4 rings (SSSR count). The summed E-state index contributed by atoms with van der Waals surface area (Å²) in [6.45, 7) is 0. The number of sulfonamides is 1. The van der Waals surface area contributed by atoms with Crippen molar-refractivity contribution in [2.45, 2.75) is 4.90 Å². The molecular formula is C22H17N2O7S3-. The van der Waals surface area contributed by atoms with Gasteiger partial charge in [0.1, 0.15) is 15.6 Å². The Morgan fingerprint density at radius 1 is 1.03 bits per heavy atom. The molecular weight excluding hydrogens is 500 g/mol. The van der Waals surface area contributed by atoms with Crippen LogP contribution in [0.1, 0.15) is 10.4 Å². The van der Waals surface area contributed by atoms with Crippen molar-refractivity contribution in [3.05, 3.63) is 84.4 Å². The Balaban J connectivity index is 1.99. The zero-order valence-electron chi connectivity index (χ0n) is 17.5. The lowest BCUT2D eigenvalue weighted by Crippen LogP contribution is -2.47. The maximum absolute atomic E-state index is 14.0. The van der Waals surface area contributed by atoms with Gasteiger partial charge in [-0.15, -0.1) is 11.3 Å². The fourth-order valence-electron chi connectivity index (χ4n) is 3.29. The molecule has 12 heteroatoms. The quantitative estimate of drug-likeness (QED) is 0.276. The first-order chi connectivity index (χ1) is 16.2. The van der Waals surface area contributed by atoms with Crippen LogP contribution in [0.25, 0.3) is 10.1 Å². The summed E-state index contributed by atoms with van der Waals surface area (Å²) < 4.78 is 60.1. The van der Waals surface area contributed by atoms with Crippen LogP contribution in [0.4, 0.5) is 10.7 Å². The first-order valence-corrected chi connectivity index (χ1v) is 12.9. The van der Waals surface area contributed by atoms with Gasteiger partial charge in [0.25, 0.3) is 10.0 Å². The van der Waals surface area contributed by atoms with Crippen molar-refractivity contribution in [3.8, 4) is 5.75 Å². The minimum atomic E-state index is -4.70. The number of methoxy groups -OCH3 is 1. The Morgan fingerprint density at radius 2 is 1.71 bits per heavy atom. The topological polar surface area (TPSA) is 127 Å². The van der Waals surface area contributed by atoms with Crippen LogP contribution in [0.3, 0.4) is 0 Å². The highest BCUT2D eigenvalue weighted by Crippen LogP contribution is 2.39. The van der Waals surface area contributed by atoms with Gasteiger partial charge in [-0.05, 0) is 47.9 Å². The van der Waals surface area contributed by atoms with Crippen LogP contribution >= 0.6 is 11.3 Å². The number of thiophene rings is 1. The van der Waals surface area contributed by atoms with Crippen LogP contribution in [-0.4, -0.2) is 35.4 Å². The van der Waals surface area contributed by atoms with E-state index in [-0.39, 0.29) is 22.0 Å². The smallest absolute Gasteiger partial charge is 0.335 e. The second kappa shape index (κ2) is 9.43. The highest BCUT2D eigenvalue weighted by atomic mass is 32.2. The number of hydrogen-bond donors (Lipinski definition) is 1. The highest BCUT2D eigenvalue weighted by Gasteiger charge is 2.35. The Hall–Kier alpha value is -3.45. The molecule has 9 nitrogen and oxygen atoms in total. The van der Waals surface area contributed by atoms with Gasteiger partial charge < -0.3 is 14.4 Å². The largest absolute Gasteiger partial charge is 0.754 e. The van der Waals surface area contributed by atoms with Gasteiger partial charge in [0.05, 0.1) is 29.6 Å². The van der Waals surface area contributed by atoms with E-state index in [1.807, 2.05) is 0 Å². The average Bonchev–Trinajstić information content (AvgIpc) is 3.25. The number of hydrogen-bond acceptors (Lipinski definition) is 7. The number of rotatable bonds is 8. The molecule has 176 valence electrons. The summed E-state index contributed by atoms with van der Waals surface area (Å²) in [5, 5.41) is 10.2. The molecule has 34 heavy (non-hydrogen) atoms. The third kappa shape index (κ3) is 4.35. The number of fused-ring (bicyclic) bond motifs is 1. The Morgan fingerprint density at radius 3 is 2.32 bits per heavy atom. The Labute approximate surface area is 201 Å². The summed E-state index contributed by atoms with van der Waals surface area (Å²) in [5.41, 5.74) is -0.281. The summed E-state index contributed by atoms with van der Waals surface area (Å²) in [6.07, 6.45) is 0. The molecule has 0 radical (unpaired) electrons. The second-order valence-electron chi connectivity index (χ2n) is 6.87. The van der Waals surface area contributed by atoms with E-state index >= 15 is 0 Å². The van der Waals surface area contributed by atoms with Crippen molar-refractivity contribution in [2.75, 3.05) is 15.9 Å². The van der Waals surface area contributed by atoms with Crippen LogP contribution in [-0.2, 0) is 21.3 Å². The van der Waals surface area contributed by atoms with Crippen LogP contribution in [0.2, 0.25) is 0 Å². The van der Waals surface area contributed by atoms with E-state index < -0.39 is 32.2 Å². The molecule has 0 saturated carbocycles. The van der Waals surface area contributed by atoms with E-state index in [0.717, 1.165) is 27.5 Å². The van der Waals surface area contributed by atoms with Crippen molar-refractivity contribution in [2.24, 2.45) is 0 Å². The molecule has 1 atom stereocenters. The molecule has 0 aliphatic heterocycles. The van der Waals surface area contributed by atoms with Crippen LogP contribution in [0.5, 0.6) is 5.75 Å². The molecule has 0 fully saturated rings. The van der Waals surface area contributed by atoms with E-state index in [9.17, 15) is 27.1 Å². The van der Waals surface area contributed by atoms with Gasteiger partial charge in [-0.25, -0.2) is 4.79 Å². The molecule has 0 saturated heterocycles. The molecule has 1 unspecified atom stereocenters. The number of hydrazine groups is 1. The number of carboxylic acids is 1. The van der Waals surface area contributed by atoms with Crippen LogP contribution in [0.15, 0.2) is 83.8 Å². The van der Waals surface area contributed by atoms with Gasteiger partial charge in [0, 0.05) is 4.70 Å². The summed E-state index contributed by atoms with van der Waals surface area (Å²) in [7, 11) is -3.46. The molecule has 3 aromatic carbocycles. The monoisotopic (exact) mass is 517 g/mol. The van der Waals surface area contributed by atoms with E-state index in [1.54, 1.807) is 48.5 Å². The first kappa shape index (κ1) is 23.7. The minimum Gasteiger partial charge on any atom is -0.754 e. The molecule has 1 N–H and O–H groups in total. The summed E-state index contributed by atoms with van der Waals surface area (Å²) >= 11 is -1.98. The minimum absolute atomic E-state index is 0.0203. The zero-order chi connectivity index (χ0) is 24.5. The number of nitrogens with zero attached hydrogens (tertiary/aromatic N) is 2. The normalized spacial score (nSPS) is 12.3. The van der Waals surface area contributed by atoms with Gasteiger partial charge in [-0.3, -0.25) is 4.21 Å². The lowest BCUT2D eigenvalue weighted by Gasteiger charge is -2.36. The van der Waals surface area contributed by atoms with Crippen molar-refractivity contribution < 1.29 is 31.8 Å². The molecule has 0 amide bonds. The fraction of sp³-hybridized carbons (Fsp3) is 0.0455. The van der Waals surface area contributed by atoms with E-state index in [1.165, 1.54) is 31.4 Å². The van der Waals surface area contributed by atoms with Crippen molar-refractivity contribution >= 4 is 59.4 Å². The molecule has 1 aromatic heterocycles. The number of para-hydroxylation sites is 1. The summed E-state index contributed by atoms with van der Waals surface area (Å²) in [4.78, 5) is 11.0. The number of ether oxygens (including phenoxy) is 1. The molecule has 0 aliphatic rings. The van der Waals surface area contributed by atoms with E-state index in [2.05, 4.69) is 0 Å². The van der Waals surface area contributed by atoms with E-state index in [4.69, 9.17) is 4.74 Å². The molecule has 4 aromatic rings. The Kier molecular flexibility index (Phi) is 6.57. The second-order valence-corrected chi connectivity index (χ2v) is 10.4. The van der Waals surface area contributed by atoms with Crippen LogP contribution < -0.4 is 13.6 Å². The SMILES string of the molecule is COc1ccc(C(=O)O)cc1S(=O)(=O)N(c1ccccc1)N(c1cc2ccccc2s1)S(=O)[O-]. The van der Waals surface area contributed by atoms with Crippen molar-refractivity contribution in [1.29, 1.82) is 0 Å². The molecule has 0 bridgehead atoms. The number of carboxylic acid groups (broad SMARTS) is 1. The van der Waals surface area contributed by atoms with Gasteiger partial charge in [0.15, 0.2) is 0 Å². The Bertz CT molecular complexity index is 1450. The summed E-state index contributed by atoms with van der Waals surface area (Å²) in [6, 6.07) is 19.7. The molecule has 0 aliphatic carbocycles. The lowest BCUT2D eigenvalue weighted by molar-refractivity contribution is 0.0696. The standard InChI is InChI=1S/C22H18N2O7S3/c1-31-18-12-11-16(22(25)26)13-20(18)34(29,30)24(17-8-3-2-4-9-17)23(33(27)28)21-14-15-7-5-6-10-19(15)32-21/h2-14H,1H3,(H,25,26)(H,27,28)/p-1. The molecule has 1 heterocycles. The number of carbonyl (C=O) groups is 1. The highest BCUT2D eigenvalue weighted by molar-refractivity contribution is 7.94. The summed E-state index contributed by atoms with van der Waals surface area (Å²) in [5.74, 6) is -1.49. The predicted octanol–water partition coefficient (Wildman–Crippen LogP) is 4.02. The van der Waals surface area contributed by atoms with E-state index in [0.29, 0.717) is 8.83 Å². The third-order valence-corrected chi connectivity index (χ3v) is 8.46. The van der Waals surface area contributed by atoms with Gasteiger partial charge in [-0.2, -0.15) is 17.2 Å². The number of anilines is 2. The molecule has 0 spiro atoms. The number of benzene rings is 3. The van der Waals surface area contributed by atoms with Gasteiger partial charge in [0.2, 0.25) is 0 Å². The third-order valence-electron chi connectivity index (χ3n) is 4.80. The van der Waals surface area contributed by atoms with Gasteiger partial charge in [-0.1, -0.05) is 36.4 Å². The lowest BCUT2D eigenvalue weighted by atomic mass is 10.2. The van der Waals surface area contributed by atoms with Gasteiger partial charge >= 0.3 is 5.97 Å². The predicted molar refractivity (Wildman–Crippen MR) is 129 cm³/mol. The van der Waals surface area contributed by atoms with Crippen molar-refractivity contribution in [3.63, 3.8) is 0 Å². The van der Waals surface area contributed by atoms with Crippen molar-refractivity contribution in [1.82, 2.24) is 0 Å². The first-order valence-electron chi connectivity index (χ1n) is 9.63. The fourth-order valence-corrected chi connectivity index (χ4v) is 6.99. The average molecular weight is 518 g/mol.